The molecule has 2 rings (SSSR count). The second-order valence-electron chi connectivity index (χ2n) is 3.98. The predicted molar refractivity (Wildman–Crippen MR) is 73.9 cm³/mol. The van der Waals surface area contributed by atoms with Crippen LogP contribution in [0.15, 0.2) is 42.7 Å². The average Bonchev–Trinajstić information content (AvgIpc) is 2.37. The van der Waals surface area contributed by atoms with E-state index < -0.39 is 9.80 Å². The summed E-state index contributed by atoms with van der Waals surface area (Å²) < 4.78 is 20.4. The topological polar surface area (TPSA) is 63.1 Å². The molecular weight excluding hydrogens is 248 g/mol. The Bertz CT molecular complexity index is 639. The molecule has 0 saturated carbocycles. The molecule has 2 aromatic heterocycles. The highest BCUT2D eigenvalue weighted by Gasteiger charge is 2.00. The monoisotopic (exact) mass is 262 g/mol. The second-order valence-corrected chi connectivity index (χ2v) is 6.04. The number of rotatable bonds is 3. The Kier molecular flexibility index (Phi) is 3.74. The fourth-order valence-corrected chi connectivity index (χ4v) is 2.00. The lowest BCUT2D eigenvalue weighted by molar-refractivity contribution is 0.566. The fourth-order valence-electron chi connectivity index (χ4n) is 1.52. The molecule has 1 atom stereocenters. The lowest BCUT2D eigenvalue weighted by atomic mass is 10.1. The van der Waals surface area contributed by atoms with Gasteiger partial charge in [-0.2, -0.15) is 0 Å². The number of nitrogens with zero attached hydrogens (tertiary/aromatic N) is 2. The van der Waals surface area contributed by atoms with E-state index in [2.05, 4.69) is 9.97 Å². The molecule has 0 spiro atoms. The maximum atomic E-state index is 11.2. The molecule has 2 aromatic rings. The molecule has 18 heavy (non-hydrogen) atoms. The van der Waals surface area contributed by atoms with Gasteiger partial charge in [0, 0.05) is 36.3 Å². The van der Waals surface area contributed by atoms with Gasteiger partial charge in [0.15, 0.2) is 0 Å². The lowest BCUT2D eigenvalue weighted by Gasteiger charge is -2.03. The fraction of sp³-hybridized carbons (Fsp3) is 0.154. The van der Waals surface area contributed by atoms with E-state index in [0.29, 0.717) is 6.42 Å². The van der Waals surface area contributed by atoms with Crippen molar-refractivity contribution in [2.45, 2.75) is 6.42 Å². The normalized spacial score (nSPS) is 13.9. The summed E-state index contributed by atoms with van der Waals surface area (Å²) in [4.78, 5) is 8.41. The average molecular weight is 262 g/mol. The first-order chi connectivity index (χ1) is 8.54. The summed E-state index contributed by atoms with van der Waals surface area (Å²) in [6.07, 6.45) is 5.09. The van der Waals surface area contributed by atoms with Gasteiger partial charge in [-0.25, -0.2) is 4.21 Å². The van der Waals surface area contributed by atoms with Crippen LogP contribution in [0.5, 0.6) is 0 Å². The molecule has 0 amide bonds. The minimum atomic E-state index is -2.82. The molecule has 0 saturated heterocycles. The zero-order valence-electron chi connectivity index (χ0n) is 9.98. The van der Waals surface area contributed by atoms with Gasteiger partial charge >= 0.3 is 0 Å². The maximum absolute atomic E-state index is 11.2. The van der Waals surface area contributed by atoms with E-state index in [0.717, 1.165) is 17.0 Å². The number of hydrogen-bond donors (Lipinski definition) is 1. The van der Waals surface area contributed by atoms with Crippen LogP contribution >= 0.6 is 0 Å². The first-order valence-corrected chi connectivity index (χ1v) is 7.44. The minimum Gasteiger partial charge on any atom is -0.314 e. The van der Waals surface area contributed by atoms with Crippen LogP contribution in [-0.2, 0) is 16.2 Å². The predicted octanol–water partition coefficient (Wildman–Crippen LogP) is 1.88. The third-order valence-electron chi connectivity index (χ3n) is 2.38. The van der Waals surface area contributed by atoms with Gasteiger partial charge in [0.25, 0.3) is 0 Å². The summed E-state index contributed by atoms with van der Waals surface area (Å²) in [7, 11) is -2.82. The molecule has 0 aliphatic heterocycles. The summed E-state index contributed by atoms with van der Waals surface area (Å²) in [6.45, 7) is 0. The molecule has 0 aliphatic rings. The van der Waals surface area contributed by atoms with Gasteiger partial charge < -0.3 is 4.55 Å². The van der Waals surface area contributed by atoms with Crippen molar-refractivity contribution >= 4 is 15.2 Å². The Hall–Kier alpha value is -1.72. The van der Waals surface area contributed by atoms with Crippen LogP contribution in [0.25, 0.3) is 11.3 Å². The molecule has 0 aromatic carbocycles. The van der Waals surface area contributed by atoms with Crippen molar-refractivity contribution in [1.29, 1.82) is 0 Å². The summed E-state index contributed by atoms with van der Waals surface area (Å²) in [5.74, 6) is 0. The maximum Gasteiger partial charge on any atom is 0.0750 e. The largest absolute Gasteiger partial charge is 0.314 e. The third kappa shape index (κ3) is 3.65. The summed E-state index contributed by atoms with van der Waals surface area (Å²) in [6, 6.07) is 9.39. The molecule has 0 aliphatic carbocycles. The van der Waals surface area contributed by atoms with E-state index in [1.807, 2.05) is 30.3 Å². The smallest absolute Gasteiger partial charge is 0.0750 e. The Balaban J connectivity index is 2.29. The van der Waals surface area contributed by atoms with Crippen molar-refractivity contribution in [2.24, 2.45) is 0 Å². The van der Waals surface area contributed by atoms with Gasteiger partial charge in [-0.05, 0) is 29.6 Å². The zero-order valence-corrected chi connectivity index (χ0v) is 10.8. The molecule has 0 bridgehead atoms. The van der Waals surface area contributed by atoms with E-state index in [1.165, 1.54) is 11.6 Å². The first-order valence-electron chi connectivity index (χ1n) is 5.46. The van der Waals surface area contributed by atoms with Crippen LogP contribution in [-0.4, -0.2) is 30.4 Å². The highest BCUT2D eigenvalue weighted by molar-refractivity contribution is 7.95. The number of pyridine rings is 2. The van der Waals surface area contributed by atoms with Gasteiger partial charge in [0.05, 0.1) is 15.5 Å². The lowest BCUT2D eigenvalue weighted by Crippen LogP contribution is -2.02. The van der Waals surface area contributed by atoms with Crippen LogP contribution in [0.3, 0.4) is 0 Å². The van der Waals surface area contributed by atoms with E-state index in [-0.39, 0.29) is 0 Å². The standard InChI is InChI=1S/C13H14N2O2S/c1-18(16,17)10-7-12-3-2-4-13(15-12)11-5-8-14-9-6-11/h2-6,8-10H,7H2,1H3,(H,16,17). The quantitative estimate of drug-likeness (QED) is 0.858. The highest BCUT2D eigenvalue weighted by Crippen LogP contribution is 2.15. The van der Waals surface area contributed by atoms with Crippen molar-refractivity contribution in [3.8, 4) is 11.3 Å². The first kappa shape index (κ1) is 12.7. The number of aromatic nitrogens is 2. The van der Waals surface area contributed by atoms with E-state index in [4.69, 9.17) is 0 Å². The molecular formula is C13H14N2O2S. The van der Waals surface area contributed by atoms with Gasteiger partial charge in [-0.1, -0.05) is 6.07 Å². The van der Waals surface area contributed by atoms with E-state index in [9.17, 15) is 8.76 Å². The number of hydrogen-bond acceptors (Lipinski definition) is 3. The molecule has 0 radical (unpaired) electrons. The van der Waals surface area contributed by atoms with Crippen LogP contribution in [0.1, 0.15) is 5.69 Å². The van der Waals surface area contributed by atoms with Crippen molar-refractivity contribution in [2.75, 3.05) is 6.26 Å². The van der Waals surface area contributed by atoms with Crippen LogP contribution in [0, 0.1) is 0 Å². The SMILES string of the molecule is CS(=O)(O)=CCc1cccc(-c2ccncc2)n1. The van der Waals surface area contributed by atoms with Crippen LogP contribution < -0.4 is 0 Å². The Morgan fingerprint density at radius 2 is 2.00 bits per heavy atom. The van der Waals surface area contributed by atoms with E-state index >= 15 is 0 Å². The van der Waals surface area contributed by atoms with Gasteiger partial charge in [0.2, 0.25) is 0 Å². The van der Waals surface area contributed by atoms with Gasteiger partial charge in [0.1, 0.15) is 0 Å². The minimum absolute atomic E-state index is 0.380. The molecule has 4 nitrogen and oxygen atoms in total. The van der Waals surface area contributed by atoms with Crippen molar-refractivity contribution in [1.82, 2.24) is 9.97 Å². The summed E-state index contributed by atoms with van der Waals surface area (Å²) in [5, 5.41) is 1.38. The summed E-state index contributed by atoms with van der Waals surface area (Å²) >= 11 is 0. The molecule has 5 heteroatoms. The molecule has 0 fully saturated rings. The van der Waals surface area contributed by atoms with Gasteiger partial charge in [-0.3, -0.25) is 9.97 Å². The molecule has 94 valence electrons. The Labute approximate surface area is 107 Å². The highest BCUT2D eigenvalue weighted by atomic mass is 32.2. The van der Waals surface area contributed by atoms with Gasteiger partial charge in [-0.15, -0.1) is 0 Å². The van der Waals surface area contributed by atoms with Crippen LogP contribution in [0.4, 0.5) is 0 Å². The Morgan fingerprint density at radius 1 is 1.28 bits per heavy atom. The van der Waals surface area contributed by atoms with Crippen molar-refractivity contribution in [3.63, 3.8) is 0 Å². The second kappa shape index (κ2) is 5.29. The zero-order chi connectivity index (χ0) is 13.0. The molecule has 2 heterocycles. The molecule has 1 N–H and O–H groups in total. The Morgan fingerprint density at radius 3 is 2.67 bits per heavy atom. The van der Waals surface area contributed by atoms with E-state index in [1.54, 1.807) is 12.4 Å². The van der Waals surface area contributed by atoms with Crippen molar-refractivity contribution < 1.29 is 8.76 Å². The van der Waals surface area contributed by atoms with Crippen molar-refractivity contribution in [3.05, 3.63) is 48.4 Å². The summed E-state index contributed by atoms with van der Waals surface area (Å²) in [5.41, 5.74) is 2.59. The third-order valence-corrected chi connectivity index (χ3v) is 3.17. The molecule has 1 unspecified atom stereocenters. The van der Waals surface area contributed by atoms with Crippen LogP contribution in [0.2, 0.25) is 0 Å².